The highest BCUT2D eigenvalue weighted by Gasteiger charge is 2.47. The van der Waals surface area contributed by atoms with Crippen LogP contribution >= 0.6 is 0 Å². The molecule has 1 fully saturated rings. The molecule has 1 N–H and O–H groups in total. The fourth-order valence-corrected chi connectivity index (χ4v) is 5.27. The highest BCUT2D eigenvalue weighted by molar-refractivity contribution is 5.45. The number of nitrogens with zero attached hydrogens (tertiary/aromatic N) is 1. The topological polar surface area (TPSA) is 24.5 Å². The third-order valence-electron chi connectivity index (χ3n) is 6.90. The molecule has 0 spiro atoms. The summed E-state index contributed by atoms with van der Waals surface area (Å²) in [6, 6.07) is 14.4. The van der Waals surface area contributed by atoms with Crippen LogP contribution in [0, 0.1) is 5.82 Å². The van der Waals surface area contributed by atoms with E-state index in [2.05, 4.69) is 42.4 Å². The lowest BCUT2D eigenvalue weighted by Gasteiger charge is -2.48. The SMILES string of the molecule is COc1ccc2c(c1)[C@]1(C)CCCN(C)[C@H](C2)[C@H]1NCCc1ccc(F)cc1. The van der Waals surface area contributed by atoms with Crippen molar-refractivity contribution in [1.82, 2.24) is 10.2 Å². The molecule has 3 nitrogen and oxygen atoms in total. The molecule has 2 bridgehead atoms. The number of ether oxygens (including phenoxy) is 1. The maximum Gasteiger partial charge on any atom is 0.123 e. The second kappa shape index (κ2) is 7.84. The Balaban J connectivity index is 1.59. The van der Waals surface area contributed by atoms with E-state index in [4.69, 9.17) is 4.74 Å². The molecule has 1 aliphatic carbocycles. The van der Waals surface area contributed by atoms with E-state index in [0.29, 0.717) is 12.1 Å². The predicted octanol–water partition coefficient (Wildman–Crippen LogP) is 3.94. The predicted molar refractivity (Wildman–Crippen MR) is 112 cm³/mol. The molecule has 2 aliphatic rings. The third kappa shape index (κ3) is 3.56. The van der Waals surface area contributed by atoms with Gasteiger partial charge in [0.05, 0.1) is 7.11 Å². The van der Waals surface area contributed by atoms with E-state index in [1.54, 1.807) is 19.2 Å². The molecule has 150 valence electrons. The maximum atomic E-state index is 13.2. The fraction of sp³-hybridized carbons (Fsp3) is 0.500. The molecule has 0 radical (unpaired) electrons. The summed E-state index contributed by atoms with van der Waals surface area (Å²) in [7, 11) is 4.01. The van der Waals surface area contributed by atoms with Crippen LogP contribution in [0.3, 0.4) is 0 Å². The number of halogens is 1. The van der Waals surface area contributed by atoms with Gasteiger partial charge in [-0.3, -0.25) is 0 Å². The van der Waals surface area contributed by atoms with Crippen LogP contribution in [0.4, 0.5) is 4.39 Å². The summed E-state index contributed by atoms with van der Waals surface area (Å²) in [6.45, 7) is 4.46. The van der Waals surface area contributed by atoms with Crippen molar-refractivity contribution in [2.45, 2.75) is 50.1 Å². The van der Waals surface area contributed by atoms with Crippen LogP contribution in [-0.2, 0) is 18.3 Å². The van der Waals surface area contributed by atoms with Crippen LogP contribution in [0.25, 0.3) is 0 Å². The lowest BCUT2D eigenvalue weighted by atomic mass is 9.64. The first-order valence-corrected chi connectivity index (χ1v) is 10.4. The van der Waals surface area contributed by atoms with E-state index < -0.39 is 0 Å². The Hall–Kier alpha value is -1.91. The zero-order valence-corrected chi connectivity index (χ0v) is 17.2. The molecule has 2 aromatic carbocycles. The zero-order chi connectivity index (χ0) is 19.7. The van der Waals surface area contributed by atoms with Gasteiger partial charge in [-0.05, 0) is 86.8 Å². The molecule has 0 amide bonds. The first kappa shape index (κ1) is 19.4. The smallest absolute Gasteiger partial charge is 0.123 e. The van der Waals surface area contributed by atoms with Crippen molar-refractivity contribution in [3.05, 3.63) is 65.0 Å². The molecule has 0 aromatic heterocycles. The molecule has 3 atom stereocenters. The summed E-state index contributed by atoms with van der Waals surface area (Å²) >= 11 is 0. The first-order chi connectivity index (χ1) is 13.5. The molecule has 4 heteroatoms. The Morgan fingerprint density at radius 1 is 1.21 bits per heavy atom. The van der Waals surface area contributed by atoms with Crippen LogP contribution in [-0.4, -0.2) is 44.2 Å². The lowest BCUT2D eigenvalue weighted by Crippen LogP contribution is -2.60. The van der Waals surface area contributed by atoms with Gasteiger partial charge < -0.3 is 15.0 Å². The number of methoxy groups -OCH3 is 1. The number of fused-ring (bicyclic) bond motifs is 4. The highest BCUT2D eigenvalue weighted by atomic mass is 19.1. The molecular formula is C24H31FN2O. The Kier molecular flexibility index (Phi) is 5.44. The van der Waals surface area contributed by atoms with Crippen molar-refractivity contribution >= 4 is 0 Å². The van der Waals surface area contributed by atoms with Gasteiger partial charge in [-0.2, -0.15) is 0 Å². The van der Waals surface area contributed by atoms with E-state index >= 15 is 0 Å². The van der Waals surface area contributed by atoms with Crippen LogP contribution in [0.2, 0.25) is 0 Å². The van der Waals surface area contributed by atoms with Crippen LogP contribution in [0.1, 0.15) is 36.5 Å². The normalized spacial score (nSPS) is 27.1. The molecule has 28 heavy (non-hydrogen) atoms. The van der Waals surface area contributed by atoms with Gasteiger partial charge in [0.15, 0.2) is 0 Å². The van der Waals surface area contributed by atoms with Crippen LogP contribution in [0.5, 0.6) is 5.75 Å². The molecule has 1 aliphatic heterocycles. The number of benzene rings is 2. The average molecular weight is 383 g/mol. The second-order valence-electron chi connectivity index (χ2n) is 8.60. The Morgan fingerprint density at radius 2 is 2.00 bits per heavy atom. The number of likely N-dealkylation sites (tertiary alicyclic amines) is 1. The number of hydrogen-bond acceptors (Lipinski definition) is 3. The monoisotopic (exact) mass is 382 g/mol. The minimum Gasteiger partial charge on any atom is -0.497 e. The van der Waals surface area contributed by atoms with E-state index in [0.717, 1.165) is 31.7 Å². The second-order valence-corrected chi connectivity index (χ2v) is 8.60. The number of hydrogen-bond donors (Lipinski definition) is 1. The number of likely N-dealkylation sites (N-methyl/N-ethyl adjacent to an activating group) is 1. The molecule has 0 saturated carbocycles. The Morgan fingerprint density at radius 3 is 2.75 bits per heavy atom. The maximum absolute atomic E-state index is 13.2. The van der Waals surface area contributed by atoms with Gasteiger partial charge in [-0.25, -0.2) is 4.39 Å². The quantitative estimate of drug-likeness (QED) is 0.848. The van der Waals surface area contributed by atoms with Crippen molar-refractivity contribution in [3.63, 3.8) is 0 Å². The minimum absolute atomic E-state index is 0.0837. The van der Waals surface area contributed by atoms with Crippen molar-refractivity contribution in [3.8, 4) is 5.75 Å². The summed E-state index contributed by atoms with van der Waals surface area (Å²) < 4.78 is 18.7. The summed E-state index contributed by atoms with van der Waals surface area (Å²) in [5.41, 5.74) is 4.16. The molecular weight excluding hydrogens is 351 g/mol. The molecule has 4 rings (SSSR count). The average Bonchev–Trinajstić information content (AvgIpc) is 2.78. The molecule has 2 aromatic rings. The van der Waals surface area contributed by atoms with Crippen molar-refractivity contribution in [1.29, 1.82) is 0 Å². The van der Waals surface area contributed by atoms with Crippen LogP contribution < -0.4 is 10.1 Å². The minimum atomic E-state index is -0.172. The van der Waals surface area contributed by atoms with Gasteiger partial charge in [-0.15, -0.1) is 0 Å². The third-order valence-corrected chi connectivity index (χ3v) is 6.90. The molecule has 0 unspecified atom stereocenters. The van der Waals surface area contributed by atoms with Gasteiger partial charge in [0, 0.05) is 17.5 Å². The first-order valence-electron chi connectivity index (χ1n) is 10.4. The fourth-order valence-electron chi connectivity index (χ4n) is 5.27. The van der Waals surface area contributed by atoms with Crippen LogP contribution in [0.15, 0.2) is 42.5 Å². The largest absolute Gasteiger partial charge is 0.497 e. The van der Waals surface area contributed by atoms with Gasteiger partial charge >= 0.3 is 0 Å². The van der Waals surface area contributed by atoms with E-state index in [1.807, 2.05) is 12.1 Å². The van der Waals surface area contributed by atoms with Crippen molar-refractivity contribution in [2.75, 3.05) is 27.2 Å². The highest BCUT2D eigenvalue weighted by Crippen LogP contribution is 2.45. The van der Waals surface area contributed by atoms with E-state index in [1.165, 1.54) is 29.5 Å². The van der Waals surface area contributed by atoms with E-state index in [-0.39, 0.29) is 11.2 Å². The summed E-state index contributed by atoms with van der Waals surface area (Å²) in [6.07, 6.45) is 4.35. The van der Waals surface area contributed by atoms with Gasteiger partial charge in [0.2, 0.25) is 0 Å². The van der Waals surface area contributed by atoms with E-state index in [9.17, 15) is 4.39 Å². The molecule has 1 saturated heterocycles. The summed E-state index contributed by atoms with van der Waals surface area (Å²) in [5, 5.41) is 3.90. The zero-order valence-electron chi connectivity index (χ0n) is 17.2. The number of rotatable bonds is 5. The van der Waals surface area contributed by atoms with Gasteiger partial charge in [0.25, 0.3) is 0 Å². The standard InChI is InChI=1S/C24H31FN2O/c1-24-12-4-14-27(2)22(15-18-7-10-20(28-3)16-21(18)24)23(24)26-13-11-17-5-8-19(25)9-6-17/h5-10,16,22-23,26H,4,11-15H2,1-3H3/t22-,23-,24+/m1/s1. The van der Waals surface area contributed by atoms with Crippen molar-refractivity contribution in [2.24, 2.45) is 0 Å². The Bertz CT molecular complexity index is 822. The molecule has 1 heterocycles. The number of nitrogens with one attached hydrogen (secondary N) is 1. The summed E-state index contributed by atoms with van der Waals surface area (Å²) in [5.74, 6) is 0.774. The Labute approximate surface area is 167 Å². The van der Waals surface area contributed by atoms with Gasteiger partial charge in [-0.1, -0.05) is 25.1 Å². The summed E-state index contributed by atoms with van der Waals surface area (Å²) in [4.78, 5) is 2.54. The lowest BCUT2D eigenvalue weighted by molar-refractivity contribution is 0.156. The van der Waals surface area contributed by atoms with Gasteiger partial charge in [0.1, 0.15) is 11.6 Å². The van der Waals surface area contributed by atoms with Crippen molar-refractivity contribution < 1.29 is 9.13 Å².